The molecule has 0 radical (unpaired) electrons. The van der Waals surface area contributed by atoms with Gasteiger partial charge in [-0.1, -0.05) is 7.43 Å². The molecular weight excluding hydrogens is 226 g/mol. The number of aromatic nitrogens is 2. The lowest BCUT2D eigenvalue weighted by molar-refractivity contribution is 0.179. The van der Waals surface area contributed by atoms with Gasteiger partial charge in [0.1, 0.15) is 6.61 Å². The summed E-state index contributed by atoms with van der Waals surface area (Å²) in [6.07, 6.45) is -0.523. The van der Waals surface area contributed by atoms with Crippen LogP contribution in [0, 0.1) is 0 Å². The van der Waals surface area contributed by atoms with E-state index in [1.54, 1.807) is 0 Å². The van der Waals surface area contributed by atoms with Crippen molar-refractivity contribution in [1.29, 1.82) is 0 Å². The summed E-state index contributed by atoms with van der Waals surface area (Å²) in [5.41, 5.74) is 5.14. The predicted molar refractivity (Wildman–Crippen MR) is 62.1 cm³/mol. The number of nitrogens with one attached hydrogen (secondary N) is 2. The van der Waals surface area contributed by atoms with Crippen molar-refractivity contribution in [3.05, 3.63) is 10.4 Å². The minimum absolute atomic E-state index is 0. The van der Waals surface area contributed by atoms with Gasteiger partial charge in [0.05, 0.1) is 6.04 Å². The first-order chi connectivity index (χ1) is 7.66. The molecular formula is C9H13N5O3. The number of aromatic amines is 1. The van der Waals surface area contributed by atoms with Crippen molar-refractivity contribution in [2.75, 3.05) is 29.1 Å². The molecule has 1 aromatic heterocycles. The number of nitrogen functional groups attached to an aromatic ring is 1. The van der Waals surface area contributed by atoms with E-state index in [0.717, 1.165) is 0 Å². The van der Waals surface area contributed by atoms with Crippen molar-refractivity contribution < 1.29 is 9.53 Å². The molecule has 0 saturated carbocycles. The Hall–Kier alpha value is -2.25. The molecule has 0 bridgehead atoms. The molecule has 17 heavy (non-hydrogen) atoms. The van der Waals surface area contributed by atoms with Gasteiger partial charge < -0.3 is 15.8 Å². The fourth-order valence-corrected chi connectivity index (χ4v) is 1.93. The Morgan fingerprint density at radius 3 is 3.00 bits per heavy atom. The molecule has 2 aliphatic heterocycles. The van der Waals surface area contributed by atoms with Gasteiger partial charge in [0, 0.05) is 6.54 Å². The quantitative estimate of drug-likeness (QED) is 0.574. The normalized spacial score (nSPS) is 20.8. The molecule has 0 aliphatic carbocycles. The molecule has 3 rings (SSSR count). The van der Waals surface area contributed by atoms with Crippen molar-refractivity contribution in [3.8, 4) is 0 Å². The van der Waals surface area contributed by atoms with Gasteiger partial charge in [-0.2, -0.15) is 4.98 Å². The first-order valence-corrected chi connectivity index (χ1v) is 4.76. The molecule has 0 aromatic carbocycles. The zero-order valence-electron chi connectivity index (χ0n) is 8.19. The van der Waals surface area contributed by atoms with Crippen LogP contribution in [0.4, 0.5) is 22.2 Å². The molecule has 1 aromatic rings. The second-order valence-electron chi connectivity index (χ2n) is 3.63. The Balaban J connectivity index is 0.00000108. The summed E-state index contributed by atoms with van der Waals surface area (Å²) in [4.78, 5) is 30.8. The van der Waals surface area contributed by atoms with E-state index in [0.29, 0.717) is 12.4 Å². The highest BCUT2D eigenvalue weighted by Gasteiger charge is 2.40. The van der Waals surface area contributed by atoms with Crippen LogP contribution in [-0.2, 0) is 4.74 Å². The summed E-state index contributed by atoms with van der Waals surface area (Å²) >= 11 is 0. The van der Waals surface area contributed by atoms with Gasteiger partial charge in [-0.25, -0.2) is 4.79 Å². The average Bonchev–Trinajstić information content (AvgIpc) is 2.60. The Labute approximate surface area is 96.8 Å². The number of carbonyl (C=O) groups excluding carboxylic acids is 1. The highest BCUT2D eigenvalue weighted by Crippen LogP contribution is 2.29. The molecule has 1 fully saturated rings. The third-order valence-corrected chi connectivity index (χ3v) is 2.62. The number of nitrogens with zero attached hydrogens (tertiary/aromatic N) is 2. The van der Waals surface area contributed by atoms with Gasteiger partial charge in [-0.15, -0.1) is 0 Å². The predicted octanol–water partition coefficient (Wildman–Crippen LogP) is -0.261. The second-order valence-corrected chi connectivity index (χ2v) is 3.63. The van der Waals surface area contributed by atoms with E-state index in [2.05, 4.69) is 15.3 Å². The zero-order valence-corrected chi connectivity index (χ0v) is 8.19. The van der Waals surface area contributed by atoms with E-state index in [4.69, 9.17) is 10.5 Å². The largest absolute Gasteiger partial charge is 0.447 e. The van der Waals surface area contributed by atoms with Gasteiger partial charge in [0.15, 0.2) is 11.5 Å². The Kier molecular flexibility index (Phi) is 2.41. The molecule has 1 saturated heterocycles. The number of amides is 1. The van der Waals surface area contributed by atoms with Crippen molar-refractivity contribution in [2.24, 2.45) is 0 Å². The van der Waals surface area contributed by atoms with Crippen molar-refractivity contribution in [1.82, 2.24) is 9.97 Å². The van der Waals surface area contributed by atoms with Crippen LogP contribution >= 0.6 is 0 Å². The number of fused-ring (bicyclic) bond motifs is 3. The fraction of sp³-hybridized carbons (Fsp3) is 0.444. The molecule has 1 atom stereocenters. The van der Waals surface area contributed by atoms with Crippen LogP contribution in [0.2, 0.25) is 0 Å². The number of H-pyrrole nitrogens is 1. The number of hydrogen-bond donors (Lipinski definition) is 3. The summed E-state index contributed by atoms with van der Waals surface area (Å²) in [7, 11) is 0. The molecule has 0 spiro atoms. The Bertz CT molecular complexity index is 526. The molecule has 1 unspecified atom stereocenters. The van der Waals surface area contributed by atoms with Crippen LogP contribution in [0.15, 0.2) is 4.79 Å². The lowest BCUT2D eigenvalue weighted by atomic mass is 10.2. The van der Waals surface area contributed by atoms with E-state index in [1.807, 2.05) is 0 Å². The fourth-order valence-electron chi connectivity index (χ4n) is 1.93. The Morgan fingerprint density at radius 2 is 2.24 bits per heavy atom. The van der Waals surface area contributed by atoms with Crippen LogP contribution < -0.4 is 21.5 Å². The maximum atomic E-state index is 11.7. The number of hydrogen-bond acceptors (Lipinski definition) is 6. The molecule has 3 heterocycles. The maximum Gasteiger partial charge on any atom is 0.415 e. The summed E-state index contributed by atoms with van der Waals surface area (Å²) in [6.45, 7) is 0.768. The average molecular weight is 239 g/mol. The maximum absolute atomic E-state index is 11.7. The Morgan fingerprint density at radius 1 is 1.47 bits per heavy atom. The first-order valence-electron chi connectivity index (χ1n) is 4.76. The number of carbonyl (C=O) groups is 1. The highest BCUT2D eigenvalue weighted by atomic mass is 16.6. The van der Waals surface area contributed by atoms with E-state index in [9.17, 15) is 9.59 Å². The van der Waals surface area contributed by atoms with Crippen molar-refractivity contribution >= 4 is 23.5 Å². The van der Waals surface area contributed by atoms with Crippen LogP contribution in [0.3, 0.4) is 0 Å². The van der Waals surface area contributed by atoms with E-state index < -0.39 is 11.7 Å². The topological polar surface area (TPSA) is 113 Å². The first kappa shape index (κ1) is 11.2. The SMILES string of the molecule is C.Nc1nc2c(c(=O)[nH]1)N1C(=O)OCC1CN2. The number of rotatable bonds is 0. The van der Waals surface area contributed by atoms with Gasteiger partial charge in [-0.05, 0) is 0 Å². The smallest absolute Gasteiger partial charge is 0.415 e. The molecule has 8 nitrogen and oxygen atoms in total. The lowest BCUT2D eigenvalue weighted by Gasteiger charge is -2.28. The van der Waals surface area contributed by atoms with Crippen LogP contribution in [0.5, 0.6) is 0 Å². The minimum atomic E-state index is -0.523. The number of nitrogens with two attached hydrogens (primary N) is 1. The number of ether oxygens (including phenoxy) is 1. The number of cyclic esters (lactones) is 1. The number of anilines is 3. The van der Waals surface area contributed by atoms with Crippen molar-refractivity contribution in [3.63, 3.8) is 0 Å². The zero-order chi connectivity index (χ0) is 11.3. The summed E-state index contributed by atoms with van der Waals surface area (Å²) in [5, 5.41) is 2.95. The molecule has 92 valence electrons. The minimum Gasteiger partial charge on any atom is -0.447 e. The van der Waals surface area contributed by atoms with E-state index in [1.165, 1.54) is 4.90 Å². The van der Waals surface area contributed by atoms with Crippen molar-refractivity contribution in [2.45, 2.75) is 13.5 Å². The molecule has 1 amide bonds. The van der Waals surface area contributed by atoms with Gasteiger partial charge in [-0.3, -0.25) is 14.7 Å². The van der Waals surface area contributed by atoms with Crippen LogP contribution in [0.25, 0.3) is 0 Å². The standard InChI is InChI=1S/C8H9N5O3.CH4/c9-7-11-5-4(6(14)12-7)13-3(1-10-5)2-16-8(13)15;/h3H,1-2H2,(H4,9,10,11,12,14);1H4. The van der Waals surface area contributed by atoms with Crippen LogP contribution in [-0.4, -0.2) is 35.3 Å². The van der Waals surface area contributed by atoms with Gasteiger partial charge in [0.25, 0.3) is 5.56 Å². The third kappa shape index (κ3) is 1.49. The van der Waals surface area contributed by atoms with Gasteiger partial charge in [0.2, 0.25) is 5.95 Å². The molecule has 4 N–H and O–H groups in total. The summed E-state index contributed by atoms with van der Waals surface area (Å²) in [6, 6.07) is -0.161. The third-order valence-electron chi connectivity index (χ3n) is 2.62. The van der Waals surface area contributed by atoms with E-state index >= 15 is 0 Å². The molecule has 2 aliphatic rings. The second kappa shape index (κ2) is 3.65. The monoisotopic (exact) mass is 239 g/mol. The lowest BCUT2D eigenvalue weighted by Crippen LogP contribution is -2.45. The van der Waals surface area contributed by atoms with Gasteiger partial charge >= 0.3 is 6.09 Å². The summed E-state index contributed by atoms with van der Waals surface area (Å²) in [5.74, 6) is 0.332. The summed E-state index contributed by atoms with van der Waals surface area (Å²) < 4.78 is 4.88. The van der Waals surface area contributed by atoms with E-state index in [-0.39, 0.29) is 31.7 Å². The highest BCUT2D eigenvalue weighted by molar-refractivity contribution is 5.94. The van der Waals surface area contributed by atoms with Crippen LogP contribution in [0.1, 0.15) is 7.43 Å². The molecule has 8 heteroatoms.